The highest BCUT2D eigenvalue weighted by molar-refractivity contribution is 9.10. The molecule has 1 amide bonds. The minimum absolute atomic E-state index is 0.0805. The van der Waals surface area contributed by atoms with Gasteiger partial charge in [0.2, 0.25) is 0 Å². The Bertz CT molecular complexity index is 518. The van der Waals surface area contributed by atoms with Crippen LogP contribution in [0, 0.1) is 0 Å². The van der Waals surface area contributed by atoms with Crippen LogP contribution in [-0.4, -0.2) is 50.7 Å². The number of ether oxygens (including phenoxy) is 2. The number of carbonyl (C=O) groups excluding carboxylic acids is 1. The minimum Gasteiger partial charge on any atom is -0.495 e. The van der Waals surface area contributed by atoms with Crippen LogP contribution >= 0.6 is 15.9 Å². The van der Waals surface area contributed by atoms with Gasteiger partial charge < -0.3 is 19.7 Å². The second-order valence-electron chi connectivity index (χ2n) is 5.78. The number of piperidine rings is 1. The van der Waals surface area contributed by atoms with Crippen LogP contribution in [0.4, 0.5) is 0 Å². The van der Waals surface area contributed by atoms with E-state index in [0.29, 0.717) is 21.5 Å². The second-order valence-corrected chi connectivity index (χ2v) is 6.58. The van der Waals surface area contributed by atoms with Crippen LogP contribution in [0.1, 0.15) is 36.5 Å². The number of nitrogens with zero attached hydrogens (tertiary/aromatic N) is 1. The van der Waals surface area contributed by atoms with Crippen LogP contribution in [0.5, 0.6) is 11.5 Å². The van der Waals surface area contributed by atoms with E-state index >= 15 is 0 Å². The first-order valence-electron chi connectivity index (χ1n) is 8.03. The molecule has 5 nitrogen and oxygen atoms in total. The summed E-state index contributed by atoms with van der Waals surface area (Å²) in [6.07, 6.45) is 3.17. The van der Waals surface area contributed by atoms with Gasteiger partial charge in [-0.25, -0.2) is 0 Å². The van der Waals surface area contributed by atoms with Gasteiger partial charge in [0.25, 0.3) is 5.91 Å². The Labute approximate surface area is 146 Å². The summed E-state index contributed by atoms with van der Waals surface area (Å²) in [7, 11) is 3.15. The lowest BCUT2D eigenvalue weighted by atomic mass is 10.0. The first kappa shape index (κ1) is 18.1. The van der Waals surface area contributed by atoms with Crippen LogP contribution in [0.2, 0.25) is 0 Å². The van der Waals surface area contributed by atoms with Crippen molar-refractivity contribution < 1.29 is 14.3 Å². The Morgan fingerprint density at radius 2 is 1.83 bits per heavy atom. The molecule has 0 bridgehead atoms. The summed E-state index contributed by atoms with van der Waals surface area (Å²) in [6, 6.07) is 3.69. The van der Waals surface area contributed by atoms with Gasteiger partial charge >= 0.3 is 0 Å². The van der Waals surface area contributed by atoms with Gasteiger partial charge in [-0.2, -0.15) is 0 Å². The van der Waals surface area contributed by atoms with Crippen LogP contribution < -0.4 is 14.8 Å². The molecule has 1 heterocycles. The highest BCUT2D eigenvalue weighted by Gasteiger charge is 2.22. The predicted octanol–water partition coefficient (Wildman–Crippen LogP) is 3.07. The molecule has 1 fully saturated rings. The van der Waals surface area contributed by atoms with E-state index in [-0.39, 0.29) is 11.9 Å². The van der Waals surface area contributed by atoms with Crippen molar-refractivity contribution in [1.82, 2.24) is 10.2 Å². The molecule has 6 heteroatoms. The van der Waals surface area contributed by atoms with Gasteiger partial charge in [-0.1, -0.05) is 6.92 Å². The molecule has 0 saturated carbocycles. The van der Waals surface area contributed by atoms with Gasteiger partial charge in [0.1, 0.15) is 16.0 Å². The Hall–Kier alpha value is -1.27. The zero-order chi connectivity index (χ0) is 16.8. The fourth-order valence-electron chi connectivity index (χ4n) is 2.89. The Kier molecular flexibility index (Phi) is 6.72. The van der Waals surface area contributed by atoms with Gasteiger partial charge in [-0.15, -0.1) is 0 Å². The number of rotatable bonds is 6. The molecule has 0 aliphatic carbocycles. The average Bonchev–Trinajstić information content (AvgIpc) is 2.57. The van der Waals surface area contributed by atoms with E-state index in [1.807, 2.05) is 0 Å². The van der Waals surface area contributed by atoms with Crippen molar-refractivity contribution in [3.63, 3.8) is 0 Å². The maximum atomic E-state index is 12.5. The first-order valence-corrected chi connectivity index (χ1v) is 8.83. The summed E-state index contributed by atoms with van der Waals surface area (Å²) in [5, 5.41) is 3.13. The molecule has 1 saturated heterocycles. The number of benzene rings is 1. The smallest absolute Gasteiger partial charge is 0.251 e. The molecule has 0 spiro atoms. The fourth-order valence-corrected chi connectivity index (χ4v) is 3.44. The highest BCUT2D eigenvalue weighted by atomic mass is 79.9. The highest BCUT2D eigenvalue weighted by Crippen LogP contribution is 2.35. The molecule has 0 aromatic heterocycles. The standard InChI is InChI=1S/C17H25BrN2O3/c1-4-7-20-8-5-13(6-9-20)19-17(21)12-10-14(22-2)16(18)15(11-12)23-3/h10-11,13H,4-9H2,1-3H3,(H,19,21). The number of amides is 1. The molecule has 1 aromatic rings. The summed E-state index contributed by atoms with van der Waals surface area (Å²) in [6.45, 7) is 5.43. The average molecular weight is 385 g/mol. The topological polar surface area (TPSA) is 50.8 Å². The molecule has 128 valence electrons. The predicted molar refractivity (Wildman–Crippen MR) is 94.5 cm³/mol. The summed E-state index contributed by atoms with van der Waals surface area (Å²) in [5.74, 6) is 1.10. The van der Waals surface area contributed by atoms with Crippen molar-refractivity contribution in [1.29, 1.82) is 0 Å². The monoisotopic (exact) mass is 384 g/mol. The van der Waals surface area contributed by atoms with Crippen LogP contribution in [0.15, 0.2) is 16.6 Å². The van der Waals surface area contributed by atoms with Crippen LogP contribution in [0.3, 0.4) is 0 Å². The maximum absolute atomic E-state index is 12.5. The number of likely N-dealkylation sites (tertiary alicyclic amines) is 1. The van der Waals surface area contributed by atoms with Crippen molar-refractivity contribution >= 4 is 21.8 Å². The molecule has 1 N–H and O–H groups in total. The fraction of sp³-hybridized carbons (Fsp3) is 0.588. The van der Waals surface area contributed by atoms with E-state index in [1.54, 1.807) is 26.4 Å². The first-order chi connectivity index (χ1) is 11.1. The lowest BCUT2D eigenvalue weighted by Crippen LogP contribution is -2.44. The van der Waals surface area contributed by atoms with E-state index in [9.17, 15) is 4.79 Å². The van der Waals surface area contributed by atoms with E-state index in [0.717, 1.165) is 32.5 Å². The quantitative estimate of drug-likeness (QED) is 0.818. The van der Waals surface area contributed by atoms with Gasteiger partial charge in [0.15, 0.2) is 0 Å². The molecule has 1 aromatic carbocycles. The van der Waals surface area contributed by atoms with Gasteiger partial charge in [0, 0.05) is 24.7 Å². The van der Waals surface area contributed by atoms with E-state index in [2.05, 4.69) is 33.1 Å². The largest absolute Gasteiger partial charge is 0.495 e. The number of carbonyl (C=O) groups is 1. The van der Waals surface area contributed by atoms with Crippen molar-refractivity contribution in [3.05, 3.63) is 22.2 Å². The minimum atomic E-state index is -0.0805. The molecule has 1 aliphatic rings. The third-order valence-electron chi connectivity index (χ3n) is 4.17. The third-order valence-corrected chi connectivity index (χ3v) is 4.95. The summed E-state index contributed by atoms with van der Waals surface area (Å²) < 4.78 is 11.3. The summed E-state index contributed by atoms with van der Waals surface area (Å²) >= 11 is 3.42. The van der Waals surface area contributed by atoms with Crippen molar-refractivity contribution in [2.75, 3.05) is 33.9 Å². The molecular weight excluding hydrogens is 360 g/mol. The normalized spacial score (nSPS) is 16.2. The second kappa shape index (κ2) is 8.55. The van der Waals surface area contributed by atoms with Crippen LogP contribution in [-0.2, 0) is 0 Å². The summed E-state index contributed by atoms with van der Waals surface area (Å²) in [4.78, 5) is 15.0. The van der Waals surface area contributed by atoms with Gasteiger partial charge in [-0.3, -0.25) is 4.79 Å². The van der Waals surface area contributed by atoms with Crippen LogP contribution in [0.25, 0.3) is 0 Å². The number of hydrogen-bond donors (Lipinski definition) is 1. The maximum Gasteiger partial charge on any atom is 0.251 e. The molecule has 23 heavy (non-hydrogen) atoms. The van der Waals surface area contributed by atoms with Crippen molar-refractivity contribution in [2.45, 2.75) is 32.2 Å². The zero-order valence-corrected chi connectivity index (χ0v) is 15.6. The molecule has 0 unspecified atom stereocenters. The Balaban J connectivity index is 2.01. The molecule has 1 aliphatic heterocycles. The lowest BCUT2D eigenvalue weighted by Gasteiger charge is -2.32. The van der Waals surface area contributed by atoms with Crippen molar-refractivity contribution in [3.8, 4) is 11.5 Å². The molecular formula is C17H25BrN2O3. The lowest BCUT2D eigenvalue weighted by molar-refractivity contribution is 0.0910. The number of hydrogen-bond acceptors (Lipinski definition) is 4. The van der Waals surface area contributed by atoms with E-state index < -0.39 is 0 Å². The molecule has 0 atom stereocenters. The van der Waals surface area contributed by atoms with E-state index in [1.165, 1.54) is 6.42 Å². The molecule has 2 rings (SSSR count). The molecule has 0 radical (unpaired) electrons. The van der Waals surface area contributed by atoms with Crippen molar-refractivity contribution in [2.24, 2.45) is 0 Å². The SMILES string of the molecule is CCCN1CCC(NC(=O)c2cc(OC)c(Br)c(OC)c2)CC1. The Morgan fingerprint density at radius 1 is 1.26 bits per heavy atom. The summed E-state index contributed by atoms with van der Waals surface area (Å²) in [5.41, 5.74) is 0.554. The zero-order valence-electron chi connectivity index (χ0n) is 14.0. The Morgan fingerprint density at radius 3 is 2.30 bits per heavy atom. The third kappa shape index (κ3) is 4.61. The van der Waals surface area contributed by atoms with Gasteiger partial charge in [-0.05, 0) is 53.9 Å². The van der Waals surface area contributed by atoms with Gasteiger partial charge in [0.05, 0.1) is 14.2 Å². The number of methoxy groups -OCH3 is 2. The number of halogens is 1. The van der Waals surface area contributed by atoms with E-state index in [4.69, 9.17) is 9.47 Å². The number of nitrogens with one attached hydrogen (secondary N) is 1.